The molecule has 0 aromatic heterocycles. The van der Waals surface area contributed by atoms with Gasteiger partial charge in [-0.05, 0) is 47.0 Å². The third kappa shape index (κ3) is 3.97. The fourth-order valence-corrected chi connectivity index (χ4v) is 3.25. The minimum absolute atomic E-state index is 0.223. The van der Waals surface area contributed by atoms with E-state index in [1.807, 2.05) is 0 Å². The molecule has 0 aromatic rings. The summed E-state index contributed by atoms with van der Waals surface area (Å²) in [6, 6.07) is 0.597. The fourth-order valence-electron chi connectivity index (χ4n) is 2.89. The van der Waals surface area contributed by atoms with Crippen molar-refractivity contribution in [3.63, 3.8) is 0 Å². The number of thiol groups is 1. The molecule has 1 aliphatic rings. The van der Waals surface area contributed by atoms with E-state index in [1.165, 1.54) is 19.3 Å². The summed E-state index contributed by atoms with van der Waals surface area (Å²) < 4.78 is 2.23. The van der Waals surface area contributed by atoms with E-state index >= 15 is 0 Å². The molecule has 0 spiro atoms. The van der Waals surface area contributed by atoms with Gasteiger partial charge in [-0.15, -0.1) is 0 Å². The molecule has 90 valence electrons. The Morgan fingerprint density at radius 2 is 1.67 bits per heavy atom. The van der Waals surface area contributed by atoms with Crippen molar-refractivity contribution in [3.8, 4) is 0 Å². The van der Waals surface area contributed by atoms with Crippen LogP contribution in [0.25, 0.3) is 0 Å². The Bertz CT molecular complexity index is 198. The van der Waals surface area contributed by atoms with Crippen LogP contribution >= 0.6 is 12.8 Å². The van der Waals surface area contributed by atoms with E-state index in [9.17, 15) is 0 Å². The van der Waals surface area contributed by atoms with Crippen molar-refractivity contribution in [1.82, 2.24) is 9.62 Å². The first-order valence-electron chi connectivity index (χ1n) is 6.01. The van der Waals surface area contributed by atoms with Crippen molar-refractivity contribution in [3.05, 3.63) is 0 Å². The average Bonchev–Trinajstić information content (AvgIpc) is 1.98. The van der Waals surface area contributed by atoms with Crippen molar-refractivity contribution in [1.29, 1.82) is 0 Å². The molecule has 1 rings (SSSR count). The predicted molar refractivity (Wildman–Crippen MR) is 70.3 cm³/mol. The number of hydrogen-bond acceptors (Lipinski definition) is 3. The van der Waals surface area contributed by atoms with Gasteiger partial charge >= 0.3 is 0 Å². The van der Waals surface area contributed by atoms with E-state index in [1.54, 1.807) is 0 Å². The van der Waals surface area contributed by atoms with Crippen LogP contribution in [0.15, 0.2) is 0 Å². The first-order chi connectivity index (χ1) is 6.76. The molecule has 0 unspecified atom stereocenters. The van der Waals surface area contributed by atoms with Gasteiger partial charge in [0, 0.05) is 23.7 Å². The molecule has 1 saturated heterocycles. The Labute approximate surface area is 100 Å². The van der Waals surface area contributed by atoms with Crippen molar-refractivity contribution >= 4 is 12.8 Å². The smallest absolute Gasteiger partial charge is 0.0234 e. The molecular weight excluding hydrogens is 204 g/mol. The minimum atomic E-state index is 0.223. The Balaban J connectivity index is 2.66. The third-order valence-corrected chi connectivity index (χ3v) is 3.57. The summed E-state index contributed by atoms with van der Waals surface area (Å²) in [5.41, 5.74) is 0.447. The van der Waals surface area contributed by atoms with Gasteiger partial charge in [-0.3, -0.25) is 4.31 Å². The van der Waals surface area contributed by atoms with Gasteiger partial charge in [0.05, 0.1) is 0 Å². The van der Waals surface area contributed by atoms with E-state index in [-0.39, 0.29) is 11.1 Å². The first kappa shape index (κ1) is 13.3. The van der Waals surface area contributed by atoms with Gasteiger partial charge in [0.25, 0.3) is 0 Å². The molecule has 15 heavy (non-hydrogen) atoms. The van der Waals surface area contributed by atoms with Crippen LogP contribution in [-0.2, 0) is 0 Å². The van der Waals surface area contributed by atoms with E-state index in [0.717, 1.165) is 6.54 Å². The third-order valence-electron chi connectivity index (χ3n) is 3.04. The molecule has 2 nitrogen and oxygen atoms in total. The Kier molecular flexibility index (Phi) is 4.13. The van der Waals surface area contributed by atoms with Crippen molar-refractivity contribution < 1.29 is 0 Å². The van der Waals surface area contributed by atoms with Gasteiger partial charge in [0.2, 0.25) is 0 Å². The molecule has 1 fully saturated rings. The molecule has 1 heterocycles. The molecule has 0 radical (unpaired) electrons. The van der Waals surface area contributed by atoms with Crippen LogP contribution in [0.1, 0.15) is 53.9 Å². The van der Waals surface area contributed by atoms with Gasteiger partial charge in [-0.1, -0.05) is 19.7 Å². The molecule has 1 aliphatic heterocycles. The number of nitrogens with one attached hydrogen (secondary N) is 1. The Hall–Kier alpha value is 0.270. The lowest BCUT2D eigenvalue weighted by Crippen LogP contribution is -2.61. The van der Waals surface area contributed by atoms with Crippen LogP contribution in [-0.4, -0.2) is 28.0 Å². The largest absolute Gasteiger partial charge is 0.307 e. The summed E-state index contributed by atoms with van der Waals surface area (Å²) in [6.45, 7) is 12.4. The highest BCUT2D eigenvalue weighted by Gasteiger charge is 2.39. The van der Waals surface area contributed by atoms with Crippen LogP contribution in [0.2, 0.25) is 0 Å². The van der Waals surface area contributed by atoms with Gasteiger partial charge in [-0.25, -0.2) is 0 Å². The first-order valence-corrected chi connectivity index (χ1v) is 6.41. The highest BCUT2D eigenvalue weighted by atomic mass is 32.1. The summed E-state index contributed by atoms with van der Waals surface area (Å²) >= 11 is 4.61. The summed E-state index contributed by atoms with van der Waals surface area (Å²) in [7, 11) is 0. The average molecular weight is 230 g/mol. The molecule has 0 atom stereocenters. The van der Waals surface area contributed by atoms with E-state index in [2.05, 4.69) is 57.1 Å². The molecule has 0 amide bonds. The van der Waals surface area contributed by atoms with E-state index < -0.39 is 0 Å². The maximum atomic E-state index is 4.61. The van der Waals surface area contributed by atoms with Crippen molar-refractivity contribution in [2.75, 3.05) is 6.54 Å². The number of piperidine rings is 1. The zero-order chi connectivity index (χ0) is 11.7. The van der Waals surface area contributed by atoms with Gasteiger partial charge in [0.1, 0.15) is 0 Å². The van der Waals surface area contributed by atoms with Crippen LogP contribution in [0.3, 0.4) is 0 Å². The second-order valence-electron chi connectivity index (χ2n) is 6.12. The van der Waals surface area contributed by atoms with Gasteiger partial charge in [-0.2, -0.15) is 0 Å². The lowest BCUT2D eigenvalue weighted by atomic mass is 9.79. The Morgan fingerprint density at radius 3 is 2.07 bits per heavy atom. The number of rotatable bonds is 3. The highest BCUT2D eigenvalue weighted by Crippen LogP contribution is 2.32. The van der Waals surface area contributed by atoms with Crippen LogP contribution in [0, 0.1) is 0 Å². The quantitative estimate of drug-likeness (QED) is 0.725. The molecule has 1 N–H and O–H groups in total. The highest BCUT2D eigenvalue weighted by molar-refractivity contribution is 7.77. The predicted octanol–water partition coefficient (Wildman–Crippen LogP) is 2.85. The minimum Gasteiger partial charge on any atom is -0.307 e. The lowest BCUT2D eigenvalue weighted by Gasteiger charge is -2.48. The number of nitrogens with zero attached hydrogens (tertiary/aromatic N) is 1. The summed E-state index contributed by atoms with van der Waals surface area (Å²) in [5.74, 6) is 0. The topological polar surface area (TPSA) is 15.3 Å². The normalized spacial score (nSPS) is 25.8. The zero-order valence-electron chi connectivity index (χ0n) is 10.8. The maximum absolute atomic E-state index is 4.61. The molecule has 0 aliphatic carbocycles. The second kappa shape index (κ2) is 4.64. The summed E-state index contributed by atoms with van der Waals surface area (Å²) in [6.07, 6.45) is 3.54. The van der Waals surface area contributed by atoms with Crippen LogP contribution in [0.4, 0.5) is 0 Å². The standard InChI is InChI=1S/C12H26N2S/c1-6-7-14(15)10-8-11(2,3)13-12(4,5)9-10/h10,13,15H,6-9H2,1-5H3. The van der Waals surface area contributed by atoms with Crippen molar-refractivity contribution in [2.45, 2.75) is 71.0 Å². The Morgan fingerprint density at radius 1 is 1.20 bits per heavy atom. The molecule has 3 heteroatoms. The zero-order valence-corrected chi connectivity index (χ0v) is 11.7. The van der Waals surface area contributed by atoms with Crippen molar-refractivity contribution in [2.24, 2.45) is 0 Å². The van der Waals surface area contributed by atoms with Crippen LogP contribution < -0.4 is 5.32 Å². The van der Waals surface area contributed by atoms with E-state index in [4.69, 9.17) is 0 Å². The SMILES string of the molecule is CCCN(S)C1CC(C)(C)NC(C)(C)C1. The van der Waals surface area contributed by atoms with E-state index in [0.29, 0.717) is 6.04 Å². The number of hydrogen-bond donors (Lipinski definition) is 2. The second-order valence-corrected chi connectivity index (χ2v) is 6.63. The molecular formula is C12H26N2S. The van der Waals surface area contributed by atoms with Crippen LogP contribution in [0.5, 0.6) is 0 Å². The molecule has 0 bridgehead atoms. The fraction of sp³-hybridized carbons (Fsp3) is 1.00. The summed E-state index contributed by atoms with van der Waals surface area (Å²) in [4.78, 5) is 0. The maximum Gasteiger partial charge on any atom is 0.0234 e. The lowest BCUT2D eigenvalue weighted by molar-refractivity contribution is 0.115. The molecule has 0 aromatic carbocycles. The van der Waals surface area contributed by atoms with Gasteiger partial charge < -0.3 is 5.32 Å². The molecule has 0 saturated carbocycles. The van der Waals surface area contributed by atoms with Gasteiger partial charge in [0.15, 0.2) is 0 Å². The summed E-state index contributed by atoms with van der Waals surface area (Å²) in [5, 5.41) is 3.70. The monoisotopic (exact) mass is 230 g/mol.